The summed E-state index contributed by atoms with van der Waals surface area (Å²) in [6, 6.07) is 4.65. The second kappa shape index (κ2) is 10.5. The number of carboxylic acids is 1. The van der Waals surface area contributed by atoms with Crippen LogP contribution >= 0.6 is 11.6 Å². The zero-order chi connectivity index (χ0) is 24.2. The smallest absolute Gasteiger partial charge is 0.300 e. The van der Waals surface area contributed by atoms with Crippen molar-refractivity contribution in [3.63, 3.8) is 0 Å². The molecule has 2 amide bonds. The zero-order valence-electron chi connectivity index (χ0n) is 18.6. The molecule has 5 rings (SSSR count). The molecule has 1 aliphatic carbocycles. The van der Waals surface area contributed by atoms with Crippen LogP contribution in [-0.4, -0.2) is 85.9 Å². The Bertz CT molecular complexity index is 1040. The van der Waals surface area contributed by atoms with Crippen LogP contribution in [0.15, 0.2) is 24.5 Å². The Hall–Kier alpha value is -3.09. The predicted octanol–water partition coefficient (Wildman–Crippen LogP) is 0.000600. The van der Waals surface area contributed by atoms with Crippen LogP contribution in [0.2, 0.25) is 5.02 Å². The summed E-state index contributed by atoms with van der Waals surface area (Å²) in [6.07, 6.45) is 3.16. The van der Waals surface area contributed by atoms with E-state index in [1.807, 2.05) is 0 Å². The molecular weight excluding hydrogens is 466 g/mol. The molecule has 1 saturated carbocycles. The minimum Gasteiger partial charge on any atom is -0.481 e. The molecule has 1 aromatic heterocycles. The molecule has 3 N–H and O–H groups in total. The van der Waals surface area contributed by atoms with Crippen LogP contribution in [0, 0.1) is 5.92 Å². The zero-order valence-corrected chi connectivity index (χ0v) is 19.3. The number of carbonyl (C=O) groups excluding carboxylic acids is 2. The summed E-state index contributed by atoms with van der Waals surface area (Å²) < 4.78 is 6.95. The molecule has 3 fully saturated rings. The third-order valence-electron chi connectivity index (χ3n) is 5.97. The van der Waals surface area contributed by atoms with Crippen molar-refractivity contribution in [3.05, 3.63) is 35.1 Å². The number of rotatable bonds is 5. The number of likely N-dealkylation sites (tertiary alicyclic amines) is 1. The second-order valence-electron chi connectivity index (χ2n) is 8.41. The van der Waals surface area contributed by atoms with Gasteiger partial charge in [-0.3, -0.25) is 14.4 Å². The van der Waals surface area contributed by atoms with Crippen LogP contribution in [0.25, 0.3) is 5.69 Å². The molecule has 4 atom stereocenters. The lowest BCUT2D eigenvalue weighted by atomic mass is 10.1. The number of morpholine rings is 1. The highest BCUT2D eigenvalue weighted by atomic mass is 35.5. The molecule has 1 aromatic carbocycles. The first kappa shape index (κ1) is 24.0. The number of nitrogens with one attached hydrogen (secondary N) is 2. The van der Waals surface area contributed by atoms with Gasteiger partial charge in [0, 0.05) is 31.1 Å². The molecule has 0 bridgehead atoms. The quantitative estimate of drug-likeness (QED) is 0.524. The van der Waals surface area contributed by atoms with E-state index in [9.17, 15) is 9.59 Å². The number of aliphatic carboxylic acids is 1. The van der Waals surface area contributed by atoms with Crippen LogP contribution in [0.4, 0.5) is 0 Å². The Balaban J connectivity index is 0.000000636. The Morgan fingerprint density at radius 2 is 2.12 bits per heavy atom. The van der Waals surface area contributed by atoms with Crippen molar-refractivity contribution >= 4 is 29.4 Å². The highest BCUT2D eigenvalue weighted by Crippen LogP contribution is 2.48. The molecule has 182 valence electrons. The fraction of sp³-hybridized carbons (Fsp3) is 0.524. The molecule has 13 heteroatoms. The first-order valence-corrected chi connectivity index (χ1v) is 11.3. The van der Waals surface area contributed by atoms with Gasteiger partial charge in [0.25, 0.3) is 5.97 Å². The summed E-state index contributed by atoms with van der Waals surface area (Å²) in [5.41, 5.74) is 1.52. The molecule has 2 saturated heterocycles. The minimum atomic E-state index is -0.833. The van der Waals surface area contributed by atoms with E-state index in [4.69, 9.17) is 26.2 Å². The number of halogens is 1. The highest BCUT2D eigenvalue weighted by molar-refractivity contribution is 6.30. The van der Waals surface area contributed by atoms with Crippen molar-refractivity contribution in [2.75, 3.05) is 19.8 Å². The molecule has 0 unspecified atom stereocenters. The summed E-state index contributed by atoms with van der Waals surface area (Å²) in [5.74, 6) is -0.621. The van der Waals surface area contributed by atoms with Gasteiger partial charge in [-0.25, -0.2) is 4.68 Å². The molecule has 3 aliphatic rings. The van der Waals surface area contributed by atoms with E-state index in [0.717, 1.165) is 24.6 Å². The van der Waals surface area contributed by atoms with E-state index in [-0.39, 0.29) is 30.4 Å². The standard InChI is InChI=1S/C19H22ClN7O3.C2H4O2/c20-13-1-2-15(26-10-23-24-25-26)12(5-13)8-22-18(28)17-7-11-6-16(11)27(17)19(29)14-9-30-4-3-21-14;1-2(3)4/h1-2,5,10-11,14,16-17,21H,3-4,6-9H2,(H,22,28);1H3,(H,3,4)/t11-,14+,16-,17-;/m0./s1. The normalized spacial score (nSPS) is 25.1. The molecule has 0 radical (unpaired) electrons. The molecule has 3 heterocycles. The van der Waals surface area contributed by atoms with Crippen molar-refractivity contribution in [2.24, 2.45) is 5.92 Å². The van der Waals surface area contributed by atoms with Gasteiger partial charge >= 0.3 is 0 Å². The van der Waals surface area contributed by atoms with Gasteiger partial charge < -0.3 is 25.4 Å². The number of amides is 2. The van der Waals surface area contributed by atoms with Crippen molar-refractivity contribution in [3.8, 4) is 5.69 Å². The third kappa shape index (κ3) is 5.51. The van der Waals surface area contributed by atoms with Gasteiger partial charge in [0.2, 0.25) is 11.8 Å². The molecule has 2 aromatic rings. The van der Waals surface area contributed by atoms with Crippen molar-refractivity contribution in [1.29, 1.82) is 0 Å². The van der Waals surface area contributed by atoms with E-state index in [0.29, 0.717) is 37.1 Å². The lowest BCUT2D eigenvalue weighted by Crippen LogP contribution is -2.57. The number of nitrogens with zero attached hydrogens (tertiary/aromatic N) is 5. The molecule has 2 aliphatic heterocycles. The fourth-order valence-corrected chi connectivity index (χ4v) is 4.60. The Morgan fingerprint density at radius 3 is 2.79 bits per heavy atom. The van der Waals surface area contributed by atoms with Crippen molar-refractivity contribution in [1.82, 2.24) is 35.7 Å². The Labute approximate surface area is 200 Å². The number of benzene rings is 1. The number of fused-ring (bicyclic) bond motifs is 1. The number of hydrogen-bond donors (Lipinski definition) is 3. The average Bonchev–Trinajstić information content (AvgIpc) is 3.21. The number of hydrogen-bond acceptors (Lipinski definition) is 8. The first-order chi connectivity index (χ1) is 16.3. The summed E-state index contributed by atoms with van der Waals surface area (Å²) in [4.78, 5) is 36.8. The number of aromatic nitrogens is 4. The maximum Gasteiger partial charge on any atom is 0.300 e. The lowest BCUT2D eigenvalue weighted by molar-refractivity contribution is -0.143. The van der Waals surface area contributed by atoms with Crippen LogP contribution in [-0.2, 0) is 25.7 Å². The van der Waals surface area contributed by atoms with Crippen molar-refractivity contribution in [2.45, 2.75) is 44.4 Å². The van der Waals surface area contributed by atoms with Crippen LogP contribution in [0.3, 0.4) is 0 Å². The van der Waals surface area contributed by atoms with Crippen LogP contribution < -0.4 is 10.6 Å². The lowest BCUT2D eigenvalue weighted by Gasteiger charge is -2.32. The molecule has 0 spiro atoms. The topological polar surface area (TPSA) is 152 Å². The predicted molar refractivity (Wildman–Crippen MR) is 119 cm³/mol. The SMILES string of the molecule is CC(=O)O.O=C(NCc1cc(Cl)ccc1-n1cnnn1)[C@@H]1C[C@@H]2C[C@@H]2N1C(=O)[C@H]1COCCN1. The van der Waals surface area contributed by atoms with E-state index in [1.54, 1.807) is 23.1 Å². The number of ether oxygens (including phenoxy) is 1. The van der Waals surface area contributed by atoms with E-state index in [2.05, 4.69) is 26.2 Å². The van der Waals surface area contributed by atoms with Crippen LogP contribution in [0.5, 0.6) is 0 Å². The highest BCUT2D eigenvalue weighted by Gasteiger charge is 2.56. The first-order valence-electron chi connectivity index (χ1n) is 11.0. The van der Waals surface area contributed by atoms with Gasteiger partial charge in [-0.1, -0.05) is 11.6 Å². The third-order valence-corrected chi connectivity index (χ3v) is 6.21. The van der Waals surface area contributed by atoms with Gasteiger partial charge in [-0.15, -0.1) is 5.10 Å². The van der Waals surface area contributed by atoms with Crippen LogP contribution in [0.1, 0.15) is 25.3 Å². The number of tetrazole rings is 1. The number of carbonyl (C=O) groups is 3. The molecule has 12 nitrogen and oxygen atoms in total. The molecular formula is C21H26ClN7O5. The summed E-state index contributed by atoms with van der Waals surface area (Å²) in [5, 5.41) is 25.4. The maximum atomic E-state index is 13.0. The van der Waals surface area contributed by atoms with Gasteiger partial charge in [0.05, 0.1) is 18.9 Å². The second-order valence-corrected chi connectivity index (χ2v) is 8.84. The van der Waals surface area contributed by atoms with Gasteiger partial charge in [-0.2, -0.15) is 0 Å². The van der Waals surface area contributed by atoms with Crippen molar-refractivity contribution < 1.29 is 24.2 Å². The number of carboxylic acid groups (broad SMARTS) is 1. The van der Waals surface area contributed by atoms with E-state index >= 15 is 0 Å². The number of piperidine rings is 1. The summed E-state index contributed by atoms with van der Waals surface area (Å²) in [7, 11) is 0. The van der Waals surface area contributed by atoms with Gasteiger partial charge in [0.1, 0.15) is 18.4 Å². The van der Waals surface area contributed by atoms with Gasteiger partial charge in [-0.05, 0) is 52.9 Å². The average molecular weight is 492 g/mol. The largest absolute Gasteiger partial charge is 0.481 e. The fourth-order valence-electron chi connectivity index (χ4n) is 4.40. The summed E-state index contributed by atoms with van der Waals surface area (Å²) in [6.45, 7) is 2.93. The summed E-state index contributed by atoms with van der Waals surface area (Å²) >= 11 is 6.15. The monoisotopic (exact) mass is 491 g/mol. The van der Waals surface area contributed by atoms with E-state index in [1.165, 1.54) is 11.0 Å². The minimum absolute atomic E-state index is 0.0445. The molecule has 34 heavy (non-hydrogen) atoms. The van der Waals surface area contributed by atoms with Gasteiger partial charge in [0.15, 0.2) is 0 Å². The Morgan fingerprint density at radius 1 is 1.32 bits per heavy atom. The van der Waals surface area contributed by atoms with E-state index < -0.39 is 12.0 Å². The maximum absolute atomic E-state index is 13.0. The Kier molecular flexibility index (Phi) is 7.39.